The van der Waals surface area contributed by atoms with E-state index in [9.17, 15) is 13.2 Å². The van der Waals surface area contributed by atoms with Gasteiger partial charge in [-0.05, 0) is 84.8 Å². The second-order valence-corrected chi connectivity index (χ2v) is 7.62. The van der Waals surface area contributed by atoms with Gasteiger partial charge in [0.2, 0.25) is 0 Å². The van der Waals surface area contributed by atoms with Crippen LogP contribution in [0, 0.1) is 28.3 Å². The van der Waals surface area contributed by atoms with E-state index in [1.807, 2.05) is 13.0 Å². The molecule has 0 heterocycles. The van der Waals surface area contributed by atoms with Crippen LogP contribution in [0.15, 0.2) is 65.4 Å². The molecule has 2 aromatic rings. The maximum Gasteiger partial charge on any atom is 0.126 e. The van der Waals surface area contributed by atoms with Gasteiger partial charge in [0.1, 0.15) is 17.5 Å². The third-order valence-electron chi connectivity index (χ3n) is 5.25. The van der Waals surface area contributed by atoms with E-state index in [1.54, 1.807) is 12.1 Å². The number of hydrogen-bond donors (Lipinski definition) is 3. The van der Waals surface area contributed by atoms with E-state index in [0.717, 1.165) is 22.9 Å². The molecule has 29 heavy (non-hydrogen) atoms. The fourth-order valence-electron chi connectivity index (χ4n) is 3.87. The maximum absolute atomic E-state index is 13.7. The van der Waals surface area contributed by atoms with Gasteiger partial charge in [0.05, 0.1) is 0 Å². The van der Waals surface area contributed by atoms with Crippen molar-refractivity contribution in [2.75, 3.05) is 11.9 Å². The molecule has 0 radical (unpaired) electrons. The summed E-state index contributed by atoms with van der Waals surface area (Å²) in [6, 6.07) is 9.53. The Morgan fingerprint density at radius 3 is 2.31 bits per heavy atom. The average molecular weight is 399 g/mol. The van der Waals surface area contributed by atoms with E-state index in [2.05, 4.69) is 5.32 Å². The zero-order valence-electron chi connectivity index (χ0n) is 16.2. The van der Waals surface area contributed by atoms with Crippen molar-refractivity contribution < 1.29 is 13.2 Å². The summed E-state index contributed by atoms with van der Waals surface area (Å²) in [7, 11) is 0. The van der Waals surface area contributed by atoms with Gasteiger partial charge in [-0.15, -0.1) is 0 Å². The van der Waals surface area contributed by atoms with Crippen molar-refractivity contribution >= 4 is 11.9 Å². The minimum absolute atomic E-state index is 0.324. The zero-order chi connectivity index (χ0) is 21.0. The van der Waals surface area contributed by atoms with Gasteiger partial charge >= 0.3 is 0 Å². The molecule has 6 heteroatoms. The Morgan fingerprint density at radius 2 is 1.72 bits per heavy atom. The molecule has 0 aliphatic heterocycles. The van der Waals surface area contributed by atoms with Gasteiger partial charge in [0, 0.05) is 23.7 Å². The molecule has 0 saturated carbocycles. The lowest BCUT2D eigenvalue weighted by Crippen LogP contribution is -2.29. The van der Waals surface area contributed by atoms with E-state index >= 15 is 0 Å². The highest BCUT2D eigenvalue weighted by Crippen LogP contribution is 2.43. The normalized spacial score (nSPS) is 19.1. The van der Waals surface area contributed by atoms with Crippen LogP contribution in [0.5, 0.6) is 0 Å². The lowest BCUT2D eigenvalue weighted by molar-refractivity contribution is 0.375. The van der Waals surface area contributed by atoms with Crippen molar-refractivity contribution in [3.63, 3.8) is 0 Å². The Morgan fingerprint density at radius 1 is 1.07 bits per heavy atom. The number of rotatable bonds is 7. The molecular formula is C23H24F3N3. The van der Waals surface area contributed by atoms with Gasteiger partial charge in [-0.3, -0.25) is 0 Å². The Balaban J connectivity index is 1.94. The zero-order valence-corrected chi connectivity index (χ0v) is 16.2. The van der Waals surface area contributed by atoms with Gasteiger partial charge in [-0.2, -0.15) is 0 Å². The maximum atomic E-state index is 13.7. The van der Waals surface area contributed by atoms with Crippen LogP contribution in [-0.2, 0) is 6.42 Å². The molecule has 3 nitrogen and oxygen atoms in total. The molecule has 0 aromatic heterocycles. The van der Waals surface area contributed by atoms with Crippen molar-refractivity contribution in [3.8, 4) is 0 Å². The van der Waals surface area contributed by atoms with Crippen LogP contribution >= 0.6 is 0 Å². The number of hydrogen-bond acceptors (Lipinski definition) is 3. The van der Waals surface area contributed by atoms with Gasteiger partial charge in [-0.25, -0.2) is 13.2 Å². The number of nitrogens with one attached hydrogen (secondary N) is 2. The topological polar surface area (TPSA) is 61.9 Å². The minimum Gasteiger partial charge on any atom is -0.355 e. The Hall–Kier alpha value is -2.86. The lowest BCUT2D eigenvalue weighted by atomic mass is 9.68. The summed E-state index contributed by atoms with van der Waals surface area (Å²) in [5.74, 6) is -1.54. The quantitative estimate of drug-likeness (QED) is 0.550. The van der Waals surface area contributed by atoms with Crippen molar-refractivity contribution in [3.05, 3.63) is 88.4 Å². The summed E-state index contributed by atoms with van der Waals surface area (Å²) >= 11 is 0. The van der Waals surface area contributed by atoms with Crippen molar-refractivity contribution in [2.24, 2.45) is 11.1 Å². The second-order valence-electron chi connectivity index (χ2n) is 7.62. The fourth-order valence-corrected chi connectivity index (χ4v) is 3.87. The van der Waals surface area contributed by atoms with Gasteiger partial charge < -0.3 is 16.5 Å². The van der Waals surface area contributed by atoms with E-state index in [0.29, 0.717) is 37.1 Å². The van der Waals surface area contributed by atoms with Crippen molar-refractivity contribution in [2.45, 2.75) is 26.2 Å². The molecule has 1 unspecified atom stereocenters. The molecule has 0 amide bonds. The molecule has 1 aliphatic rings. The summed E-state index contributed by atoms with van der Waals surface area (Å²) in [6.07, 6.45) is 4.80. The first-order valence-corrected chi connectivity index (χ1v) is 9.45. The molecular weight excluding hydrogens is 375 g/mol. The summed E-state index contributed by atoms with van der Waals surface area (Å²) in [4.78, 5) is 0. The largest absolute Gasteiger partial charge is 0.355 e. The molecule has 1 aliphatic carbocycles. The third kappa shape index (κ3) is 4.95. The number of anilines is 1. The highest BCUT2D eigenvalue weighted by atomic mass is 19.1. The molecule has 152 valence electrons. The SMILES string of the molecule is CC1(Cc2cc(F)cc(F)c2)CC(C=N)=C(Nc2ccc(F)cc2)C=C1CCN. The highest BCUT2D eigenvalue weighted by Gasteiger charge is 2.34. The second kappa shape index (κ2) is 8.66. The van der Waals surface area contributed by atoms with Crippen molar-refractivity contribution in [1.29, 1.82) is 5.41 Å². The molecule has 4 N–H and O–H groups in total. The number of nitrogens with two attached hydrogens (primary N) is 1. The van der Waals surface area contributed by atoms with Crippen LogP contribution < -0.4 is 11.1 Å². The van der Waals surface area contributed by atoms with Gasteiger partial charge in [0.15, 0.2) is 0 Å². The first-order valence-electron chi connectivity index (χ1n) is 9.45. The molecule has 3 rings (SSSR count). The molecule has 0 bridgehead atoms. The lowest BCUT2D eigenvalue weighted by Gasteiger charge is -2.37. The average Bonchev–Trinajstić information content (AvgIpc) is 2.65. The molecule has 1 atom stereocenters. The van der Waals surface area contributed by atoms with Crippen LogP contribution in [0.3, 0.4) is 0 Å². The van der Waals surface area contributed by atoms with Crippen LogP contribution in [0.2, 0.25) is 0 Å². The van der Waals surface area contributed by atoms with E-state index in [4.69, 9.17) is 11.1 Å². The fraction of sp³-hybridized carbons (Fsp3) is 0.261. The van der Waals surface area contributed by atoms with E-state index < -0.39 is 17.0 Å². The Kier molecular flexibility index (Phi) is 6.23. The van der Waals surface area contributed by atoms with E-state index in [-0.39, 0.29) is 5.82 Å². The minimum atomic E-state index is -0.606. The molecule has 0 spiro atoms. The van der Waals surface area contributed by atoms with Crippen LogP contribution in [0.25, 0.3) is 0 Å². The monoisotopic (exact) mass is 399 g/mol. The predicted octanol–water partition coefficient (Wildman–Crippen LogP) is 5.35. The predicted molar refractivity (Wildman–Crippen MR) is 110 cm³/mol. The van der Waals surface area contributed by atoms with Crippen LogP contribution in [-0.4, -0.2) is 12.8 Å². The van der Waals surface area contributed by atoms with Crippen molar-refractivity contribution in [1.82, 2.24) is 0 Å². The Bertz CT molecular complexity index is 944. The number of benzene rings is 2. The first-order chi connectivity index (χ1) is 13.8. The number of halogens is 3. The Labute approximate surface area is 168 Å². The third-order valence-corrected chi connectivity index (χ3v) is 5.25. The molecule has 0 saturated heterocycles. The van der Waals surface area contributed by atoms with E-state index in [1.165, 1.54) is 30.5 Å². The molecule has 0 fully saturated rings. The summed E-state index contributed by atoms with van der Waals surface area (Å²) in [5, 5.41) is 11.1. The summed E-state index contributed by atoms with van der Waals surface area (Å²) < 4.78 is 40.5. The number of allylic oxidation sites excluding steroid dienone is 2. The van der Waals surface area contributed by atoms with Crippen LogP contribution in [0.4, 0.5) is 18.9 Å². The summed E-state index contributed by atoms with van der Waals surface area (Å²) in [5.41, 5.74) is 9.21. The first kappa shape index (κ1) is 20.9. The van der Waals surface area contributed by atoms with Gasteiger partial charge in [0.25, 0.3) is 0 Å². The standard InChI is InChI=1S/C23H24F3N3/c1-23(12-15-8-19(25)11-20(26)9-15)13-16(14-28)22(10-17(23)6-7-27)29-21-4-2-18(24)3-5-21/h2-5,8-11,14,28-29H,6-7,12-13,27H2,1H3. The smallest absolute Gasteiger partial charge is 0.126 e. The highest BCUT2D eigenvalue weighted by molar-refractivity contribution is 5.80. The van der Waals surface area contributed by atoms with Crippen LogP contribution in [0.1, 0.15) is 25.3 Å². The van der Waals surface area contributed by atoms with Gasteiger partial charge in [-0.1, -0.05) is 12.5 Å². The summed E-state index contributed by atoms with van der Waals surface area (Å²) in [6.45, 7) is 2.46. The molecule has 2 aromatic carbocycles.